The molecule has 1 aliphatic rings. The van der Waals surface area contributed by atoms with Crippen molar-refractivity contribution in [3.05, 3.63) is 29.3 Å². The summed E-state index contributed by atoms with van der Waals surface area (Å²) in [6.07, 6.45) is -4.37. The monoisotopic (exact) mass is 429 g/mol. The normalized spacial score (nSPS) is 17.6. The van der Waals surface area contributed by atoms with Crippen LogP contribution < -0.4 is 15.4 Å². The number of piperazine rings is 1. The van der Waals surface area contributed by atoms with Gasteiger partial charge in [0.2, 0.25) is 0 Å². The van der Waals surface area contributed by atoms with Gasteiger partial charge in [0.05, 0.1) is 0 Å². The summed E-state index contributed by atoms with van der Waals surface area (Å²) in [6, 6.07) is 5.60. The lowest BCUT2D eigenvalue weighted by Gasteiger charge is -2.37. The Morgan fingerprint density at radius 2 is 1.90 bits per heavy atom. The molecule has 30 heavy (non-hydrogen) atoms. The summed E-state index contributed by atoms with van der Waals surface area (Å²) in [5.41, 5.74) is 1.49. The maximum Gasteiger partial charge on any atom is 0.422 e. The van der Waals surface area contributed by atoms with Gasteiger partial charge in [0.1, 0.15) is 5.75 Å². The first-order chi connectivity index (χ1) is 14.2. The second kappa shape index (κ2) is 11.4. The Balaban J connectivity index is 1.85. The molecule has 170 valence electrons. The zero-order valence-corrected chi connectivity index (χ0v) is 18.4. The number of hydrogen-bond donors (Lipinski definition) is 2. The first-order valence-electron chi connectivity index (χ1n) is 10.4. The van der Waals surface area contributed by atoms with Crippen LogP contribution in [-0.2, 0) is 6.54 Å². The number of alkyl halides is 3. The van der Waals surface area contributed by atoms with Crippen LogP contribution in [0.4, 0.5) is 13.2 Å². The van der Waals surface area contributed by atoms with Gasteiger partial charge < -0.3 is 20.3 Å². The van der Waals surface area contributed by atoms with Gasteiger partial charge >= 0.3 is 6.18 Å². The molecule has 1 aliphatic heterocycles. The number of nitrogens with zero attached hydrogens (tertiary/aromatic N) is 3. The lowest BCUT2D eigenvalue weighted by molar-refractivity contribution is -0.153. The molecule has 1 aromatic rings. The second-order valence-electron chi connectivity index (χ2n) is 7.64. The van der Waals surface area contributed by atoms with Crippen molar-refractivity contribution in [2.75, 3.05) is 52.9 Å². The van der Waals surface area contributed by atoms with Crippen LogP contribution in [0, 0.1) is 6.92 Å². The first kappa shape index (κ1) is 24.3. The van der Waals surface area contributed by atoms with E-state index in [0.717, 1.165) is 44.8 Å². The predicted molar refractivity (Wildman–Crippen MR) is 114 cm³/mol. The van der Waals surface area contributed by atoms with Crippen molar-refractivity contribution in [3.8, 4) is 5.75 Å². The molecule has 9 heteroatoms. The number of likely N-dealkylation sites (N-methyl/N-ethyl adjacent to an activating group) is 1. The third kappa shape index (κ3) is 8.02. The molecule has 0 aromatic heterocycles. The highest BCUT2D eigenvalue weighted by atomic mass is 19.4. The summed E-state index contributed by atoms with van der Waals surface area (Å²) in [5, 5.41) is 6.48. The molecule has 0 radical (unpaired) electrons. The molecule has 0 bridgehead atoms. The molecular formula is C21H34F3N5O. The Morgan fingerprint density at radius 3 is 2.50 bits per heavy atom. The number of benzene rings is 1. The highest BCUT2D eigenvalue weighted by molar-refractivity contribution is 5.79. The van der Waals surface area contributed by atoms with Crippen LogP contribution in [-0.4, -0.2) is 80.9 Å². The number of aliphatic imine (C=N–C) groups is 1. The van der Waals surface area contributed by atoms with Gasteiger partial charge in [-0.05, 0) is 32.0 Å². The first-order valence-corrected chi connectivity index (χ1v) is 10.4. The molecule has 1 atom stereocenters. The van der Waals surface area contributed by atoms with Gasteiger partial charge in [-0.15, -0.1) is 0 Å². The molecule has 0 spiro atoms. The van der Waals surface area contributed by atoms with E-state index in [4.69, 9.17) is 4.74 Å². The van der Waals surface area contributed by atoms with Crippen LogP contribution in [0.3, 0.4) is 0 Å². The number of nitrogens with one attached hydrogen (secondary N) is 2. The molecule has 2 N–H and O–H groups in total. The fourth-order valence-corrected chi connectivity index (χ4v) is 3.40. The van der Waals surface area contributed by atoms with Gasteiger partial charge in [0, 0.05) is 57.9 Å². The summed E-state index contributed by atoms with van der Waals surface area (Å²) in [4.78, 5) is 9.12. The maximum absolute atomic E-state index is 12.5. The predicted octanol–water partition coefficient (Wildman–Crippen LogP) is 2.63. The van der Waals surface area contributed by atoms with E-state index in [1.807, 2.05) is 13.0 Å². The zero-order chi connectivity index (χ0) is 22.1. The smallest absolute Gasteiger partial charge is 0.422 e. The Labute approximate surface area is 177 Å². The zero-order valence-electron chi connectivity index (χ0n) is 18.4. The summed E-state index contributed by atoms with van der Waals surface area (Å²) >= 11 is 0. The summed E-state index contributed by atoms with van der Waals surface area (Å²) in [7, 11) is 1.68. The van der Waals surface area contributed by atoms with Crippen molar-refractivity contribution >= 4 is 5.96 Å². The van der Waals surface area contributed by atoms with E-state index >= 15 is 0 Å². The lowest BCUT2D eigenvalue weighted by atomic mass is 10.1. The van der Waals surface area contributed by atoms with Crippen LogP contribution in [0.15, 0.2) is 23.2 Å². The van der Waals surface area contributed by atoms with Crippen LogP contribution >= 0.6 is 0 Å². The molecule has 6 nitrogen and oxygen atoms in total. The lowest BCUT2D eigenvalue weighted by Crippen LogP contribution is -2.53. The fourth-order valence-electron chi connectivity index (χ4n) is 3.40. The largest absolute Gasteiger partial charge is 0.484 e. The van der Waals surface area contributed by atoms with E-state index in [-0.39, 0.29) is 5.75 Å². The number of ether oxygens (including phenoxy) is 1. The van der Waals surface area contributed by atoms with Crippen molar-refractivity contribution in [1.29, 1.82) is 0 Å². The minimum absolute atomic E-state index is 0.234. The maximum atomic E-state index is 12.5. The van der Waals surface area contributed by atoms with Gasteiger partial charge in [-0.3, -0.25) is 9.89 Å². The fraction of sp³-hybridized carbons (Fsp3) is 0.667. The number of hydrogen-bond acceptors (Lipinski definition) is 4. The molecule has 0 saturated carbocycles. The van der Waals surface area contributed by atoms with Gasteiger partial charge in [0.25, 0.3) is 0 Å². The quantitative estimate of drug-likeness (QED) is 0.492. The standard InChI is InChI=1S/C21H34F3N5O/c1-5-28-8-10-29(11-9-28)17(3)13-26-20(25-4)27-14-18-7-6-16(2)12-19(18)30-15-21(22,23)24/h6-7,12,17H,5,8-11,13-15H2,1-4H3,(H2,25,26,27). The van der Waals surface area contributed by atoms with Crippen molar-refractivity contribution in [2.24, 2.45) is 4.99 Å². The molecule has 1 fully saturated rings. The van der Waals surface area contributed by atoms with Crippen molar-refractivity contribution in [2.45, 2.75) is 39.5 Å². The van der Waals surface area contributed by atoms with E-state index in [0.29, 0.717) is 24.1 Å². The number of aryl methyl sites for hydroxylation is 1. The summed E-state index contributed by atoms with van der Waals surface area (Å²) < 4.78 is 42.6. The molecular weight excluding hydrogens is 395 g/mol. The summed E-state index contributed by atoms with van der Waals surface area (Å²) in [5.74, 6) is 0.842. The number of rotatable bonds is 8. The van der Waals surface area contributed by atoms with Crippen LogP contribution in [0.2, 0.25) is 0 Å². The highest BCUT2D eigenvalue weighted by Gasteiger charge is 2.29. The molecule has 0 aliphatic carbocycles. The SMILES string of the molecule is CCN1CCN(C(C)CNC(=NC)NCc2ccc(C)cc2OCC(F)(F)F)CC1. The molecule has 1 saturated heterocycles. The highest BCUT2D eigenvalue weighted by Crippen LogP contribution is 2.23. The molecule has 1 unspecified atom stereocenters. The van der Waals surface area contributed by atoms with E-state index in [2.05, 4.69) is 39.3 Å². The van der Waals surface area contributed by atoms with Gasteiger partial charge in [-0.2, -0.15) is 13.2 Å². The Morgan fingerprint density at radius 1 is 1.20 bits per heavy atom. The van der Waals surface area contributed by atoms with Crippen LogP contribution in [0.5, 0.6) is 5.75 Å². The average Bonchev–Trinajstić information content (AvgIpc) is 2.72. The minimum Gasteiger partial charge on any atom is -0.484 e. The number of halogens is 3. The topological polar surface area (TPSA) is 52.1 Å². The number of guanidine groups is 1. The average molecular weight is 430 g/mol. The van der Waals surface area contributed by atoms with Gasteiger partial charge in [-0.1, -0.05) is 19.1 Å². The summed E-state index contributed by atoms with van der Waals surface area (Å²) in [6.45, 7) is 11.3. The third-order valence-electron chi connectivity index (χ3n) is 5.33. The minimum atomic E-state index is -4.37. The Kier molecular flexibility index (Phi) is 9.23. The van der Waals surface area contributed by atoms with Crippen LogP contribution in [0.25, 0.3) is 0 Å². The van der Waals surface area contributed by atoms with Crippen molar-refractivity contribution in [3.63, 3.8) is 0 Å². The third-order valence-corrected chi connectivity index (χ3v) is 5.33. The second-order valence-corrected chi connectivity index (χ2v) is 7.64. The van der Waals surface area contributed by atoms with Crippen LogP contribution in [0.1, 0.15) is 25.0 Å². The van der Waals surface area contributed by atoms with E-state index in [9.17, 15) is 13.2 Å². The Bertz CT molecular complexity index is 688. The van der Waals surface area contributed by atoms with Gasteiger partial charge in [0.15, 0.2) is 12.6 Å². The van der Waals surface area contributed by atoms with E-state index < -0.39 is 12.8 Å². The Hall–Kier alpha value is -2.00. The molecule has 1 heterocycles. The van der Waals surface area contributed by atoms with Crippen molar-refractivity contribution < 1.29 is 17.9 Å². The van der Waals surface area contributed by atoms with E-state index in [1.54, 1.807) is 19.2 Å². The molecule has 0 amide bonds. The van der Waals surface area contributed by atoms with E-state index in [1.165, 1.54) is 0 Å². The van der Waals surface area contributed by atoms with Crippen molar-refractivity contribution in [1.82, 2.24) is 20.4 Å². The van der Waals surface area contributed by atoms with Gasteiger partial charge in [-0.25, -0.2) is 0 Å². The molecule has 1 aromatic carbocycles. The molecule has 2 rings (SSSR count).